The fraction of sp³-hybridized carbons (Fsp3) is 0.538. The second-order valence-corrected chi connectivity index (χ2v) is 5.12. The van der Waals surface area contributed by atoms with Crippen molar-refractivity contribution in [3.8, 4) is 0 Å². The van der Waals surface area contributed by atoms with E-state index in [0.717, 1.165) is 12.1 Å². The van der Waals surface area contributed by atoms with E-state index in [1.54, 1.807) is 0 Å². The first-order valence-electron chi connectivity index (χ1n) is 5.61. The molecule has 0 bridgehead atoms. The van der Waals surface area contributed by atoms with Crippen LogP contribution in [-0.4, -0.2) is 18.2 Å². The van der Waals surface area contributed by atoms with E-state index in [9.17, 15) is 8.78 Å². The minimum Gasteiger partial charge on any atom is -0.374 e. The Kier molecular flexibility index (Phi) is 4.60. The smallest absolute Gasteiger partial charge is 0.126 e. The zero-order valence-corrected chi connectivity index (χ0v) is 10.5. The lowest BCUT2D eigenvalue weighted by Crippen LogP contribution is -2.33. The molecule has 0 fully saturated rings. The van der Waals surface area contributed by atoms with Gasteiger partial charge < -0.3 is 10.5 Å². The summed E-state index contributed by atoms with van der Waals surface area (Å²) in [5.74, 6) is -0.886. The Bertz CT molecular complexity index is 374. The zero-order chi connectivity index (χ0) is 13.1. The van der Waals surface area contributed by atoms with Crippen molar-refractivity contribution in [3.63, 3.8) is 0 Å². The summed E-state index contributed by atoms with van der Waals surface area (Å²) in [7, 11) is 0. The van der Waals surface area contributed by atoms with E-state index in [-0.39, 0.29) is 23.6 Å². The summed E-state index contributed by atoms with van der Waals surface area (Å²) in [6, 6.07) is 3.04. The molecule has 1 aromatic rings. The van der Waals surface area contributed by atoms with Gasteiger partial charge in [-0.05, 0) is 51.0 Å². The Morgan fingerprint density at radius 1 is 1.29 bits per heavy atom. The van der Waals surface area contributed by atoms with Crippen LogP contribution >= 0.6 is 0 Å². The maximum absolute atomic E-state index is 13.3. The van der Waals surface area contributed by atoms with E-state index in [0.29, 0.717) is 6.61 Å². The fourth-order valence-corrected chi connectivity index (χ4v) is 1.40. The van der Waals surface area contributed by atoms with Crippen LogP contribution in [0.1, 0.15) is 26.3 Å². The molecule has 0 aromatic heterocycles. The number of benzene rings is 1. The summed E-state index contributed by atoms with van der Waals surface area (Å²) in [5, 5.41) is 0. The van der Waals surface area contributed by atoms with Gasteiger partial charge in [-0.2, -0.15) is 0 Å². The Labute approximate surface area is 101 Å². The van der Waals surface area contributed by atoms with Crippen LogP contribution in [0.4, 0.5) is 8.78 Å². The van der Waals surface area contributed by atoms with Crippen molar-refractivity contribution in [2.24, 2.45) is 5.73 Å². The van der Waals surface area contributed by atoms with Gasteiger partial charge in [0.25, 0.3) is 0 Å². The normalized spacial score (nSPS) is 13.8. The number of hydrogen-bond donors (Lipinski definition) is 1. The van der Waals surface area contributed by atoms with Crippen LogP contribution in [0.15, 0.2) is 18.2 Å². The van der Waals surface area contributed by atoms with Crippen LogP contribution in [0.5, 0.6) is 0 Å². The lowest BCUT2D eigenvalue weighted by Gasteiger charge is -2.22. The van der Waals surface area contributed by atoms with Crippen molar-refractivity contribution in [2.45, 2.75) is 38.8 Å². The second-order valence-electron chi connectivity index (χ2n) is 5.12. The predicted octanol–water partition coefficient (Wildman–Crippen LogP) is 2.65. The molecule has 0 spiro atoms. The van der Waals surface area contributed by atoms with E-state index in [1.165, 1.54) is 6.07 Å². The Morgan fingerprint density at radius 3 is 2.53 bits per heavy atom. The van der Waals surface area contributed by atoms with Gasteiger partial charge in [0.2, 0.25) is 0 Å². The first kappa shape index (κ1) is 14.1. The molecule has 0 amide bonds. The molecule has 0 aliphatic heterocycles. The van der Waals surface area contributed by atoms with Gasteiger partial charge in [-0.3, -0.25) is 0 Å². The van der Waals surface area contributed by atoms with E-state index < -0.39 is 11.6 Å². The second kappa shape index (κ2) is 5.56. The molecule has 1 unspecified atom stereocenters. The number of ether oxygens (including phenoxy) is 1. The minimum absolute atomic E-state index is 0.264. The minimum atomic E-state index is -0.453. The molecule has 0 saturated heterocycles. The van der Waals surface area contributed by atoms with Crippen molar-refractivity contribution in [1.29, 1.82) is 0 Å². The van der Waals surface area contributed by atoms with E-state index in [2.05, 4.69) is 0 Å². The lowest BCUT2D eigenvalue weighted by molar-refractivity contribution is -0.00990. The third-order valence-electron chi connectivity index (χ3n) is 2.22. The molecule has 0 aliphatic carbocycles. The molecule has 1 atom stereocenters. The van der Waals surface area contributed by atoms with Crippen LogP contribution in [0.25, 0.3) is 0 Å². The zero-order valence-electron chi connectivity index (χ0n) is 10.5. The summed E-state index contributed by atoms with van der Waals surface area (Å²) < 4.78 is 31.8. The molecule has 2 nitrogen and oxygen atoms in total. The molecule has 1 aromatic carbocycles. The van der Waals surface area contributed by atoms with Crippen molar-refractivity contribution in [3.05, 3.63) is 35.4 Å². The summed E-state index contributed by atoms with van der Waals surface area (Å²) in [4.78, 5) is 0. The highest BCUT2D eigenvalue weighted by Crippen LogP contribution is 2.13. The average Bonchev–Trinajstić information content (AvgIpc) is 2.20. The van der Waals surface area contributed by atoms with Gasteiger partial charge in [0, 0.05) is 6.04 Å². The van der Waals surface area contributed by atoms with Crippen LogP contribution in [0.2, 0.25) is 0 Å². The Morgan fingerprint density at radius 2 is 1.94 bits per heavy atom. The summed E-state index contributed by atoms with van der Waals surface area (Å²) in [6.07, 6.45) is 0.264. The number of nitrogens with two attached hydrogens (primary N) is 1. The topological polar surface area (TPSA) is 35.2 Å². The molecule has 0 radical (unpaired) electrons. The number of halogens is 2. The molecule has 4 heteroatoms. The third-order valence-corrected chi connectivity index (χ3v) is 2.22. The van der Waals surface area contributed by atoms with E-state index in [4.69, 9.17) is 10.5 Å². The molecular weight excluding hydrogens is 224 g/mol. The van der Waals surface area contributed by atoms with Gasteiger partial charge in [-0.25, -0.2) is 8.78 Å². The average molecular weight is 243 g/mol. The highest BCUT2D eigenvalue weighted by molar-refractivity contribution is 5.19. The SMILES string of the molecule is CC(C)(C)OCC(N)Cc1cc(F)ccc1F. The largest absolute Gasteiger partial charge is 0.374 e. The standard InChI is InChI=1S/C13H19F2NO/c1-13(2,3)17-8-11(16)7-9-6-10(14)4-5-12(9)15/h4-6,11H,7-8,16H2,1-3H3. The Hall–Kier alpha value is -1.00. The predicted molar refractivity (Wildman–Crippen MR) is 63.7 cm³/mol. The molecule has 96 valence electrons. The van der Waals surface area contributed by atoms with Gasteiger partial charge in [-0.15, -0.1) is 0 Å². The van der Waals surface area contributed by atoms with Gasteiger partial charge in [0.15, 0.2) is 0 Å². The number of rotatable bonds is 4. The first-order valence-corrected chi connectivity index (χ1v) is 5.61. The van der Waals surface area contributed by atoms with Gasteiger partial charge in [0.05, 0.1) is 12.2 Å². The maximum atomic E-state index is 13.3. The summed E-state index contributed by atoms with van der Waals surface area (Å²) >= 11 is 0. The first-order chi connectivity index (χ1) is 7.78. The molecule has 2 N–H and O–H groups in total. The lowest BCUT2D eigenvalue weighted by atomic mass is 10.1. The van der Waals surface area contributed by atoms with Crippen LogP contribution < -0.4 is 5.73 Å². The van der Waals surface area contributed by atoms with Crippen molar-refractivity contribution < 1.29 is 13.5 Å². The molecule has 0 heterocycles. The van der Waals surface area contributed by atoms with Crippen molar-refractivity contribution >= 4 is 0 Å². The molecule has 17 heavy (non-hydrogen) atoms. The quantitative estimate of drug-likeness (QED) is 0.882. The summed E-state index contributed by atoms with van der Waals surface area (Å²) in [6.45, 7) is 6.08. The maximum Gasteiger partial charge on any atom is 0.126 e. The van der Waals surface area contributed by atoms with Gasteiger partial charge >= 0.3 is 0 Å². The number of hydrogen-bond acceptors (Lipinski definition) is 2. The fourth-order valence-electron chi connectivity index (χ4n) is 1.40. The van der Waals surface area contributed by atoms with Gasteiger partial charge in [0.1, 0.15) is 11.6 Å². The van der Waals surface area contributed by atoms with Crippen molar-refractivity contribution in [2.75, 3.05) is 6.61 Å². The molecule has 0 aliphatic rings. The third kappa shape index (κ3) is 5.24. The van der Waals surface area contributed by atoms with Crippen molar-refractivity contribution in [1.82, 2.24) is 0 Å². The highest BCUT2D eigenvalue weighted by Gasteiger charge is 2.14. The Balaban J connectivity index is 2.56. The van der Waals surface area contributed by atoms with E-state index >= 15 is 0 Å². The van der Waals surface area contributed by atoms with Gasteiger partial charge in [-0.1, -0.05) is 0 Å². The van der Waals surface area contributed by atoms with Crippen LogP contribution in [0.3, 0.4) is 0 Å². The summed E-state index contributed by atoms with van der Waals surface area (Å²) in [5.41, 5.74) is 5.83. The highest BCUT2D eigenvalue weighted by atomic mass is 19.1. The molecule has 0 saturated carbocycles. The monoisotopic (exact) mass is 243 g/mol. The molecular formula is C13H19F2NO. The van der Waals surface area contributed by atoms with Crippen LogP contribution in [0, 0.1) is 11.6 Å². The van der Waals surface area contributed by atoms with Crippen LogP contribution in [-0.2, 0) is 11.2 Å². The van der Waals surface area contributed by atoms with E-state index in [1.807, 2.05) is 20.8 Å². The molecule has 1 rings (SSSR count).